The maximum Gasteiger partial charge on any atom is 3.00 e. The Bertz CT molecular complexity index is 97.4. The molecule has 0 aromatic carbocycles. The van der Waals surface area contributed by atoms with Gasteiger partial charge in [0.15, 0.2) is 0 Å². The summed E-state index contributed by atoms with van der Waals surface area (Å²) in [5.74, 6) is 0. The number of phosphoric acid groups is 1. The van der Waals surface area contributed by atoms with E-state index < -0.39 is 7.82 Å². The van der Waals surface area contributed by atoms with Crippen LogP contribution in [0.25, 0.3) is 0 Å². The van der Waals surface area contributed by atoms with Crippen molar-refractivity contribution in [1.82, 2.24) is 6.15 Å². The Morgan fingerprint density at radius 2 is 1.25 bits per heavy atom. The van der Waals surface area contributed by atoms with E-state index in [0.717, 1.165) is 12.8 Å². The minimum Gasteiger partial charge on any atom is -0.822 e. The molecule has 0 aliphatic rings. The Morgan fingerprint density at radius 3 is 1.25 bits per heavy atom. The first-order valence-electron chi connectivity index (χ1n) is 2.73. The van der Waals surface area contributed by atoms with E-state index in [1.165, 1.54) is 6.42 Å². The van der Waals surface area contributed by atoms with Crippen LogP contribution in [0.1, 0.15) is 19.3 Å². The summed E-state index contributed by atoms with van der Waals surface area (Å²) in [7, 11) is -5.39. The zero-order valence-electron chi connectivity index (χ0n) is 6.73. The predicted molar refractivity (Wildman–Crippen MR) is 37.2 cm³/mol. The first-order valence-corrected chi connectivity index (χ1v) is 4.19. The number of unbranched alkanes of at least 4 members (excludes halogenated alkanes) is 2. The van der Waals surface area contributed by atoms with Gasteiger partial charge in [-0.1, -0.05) is 0 Å². The van der Waals surface area contributed by atoms with E-state index in [-0.39, 0.29) is 27.2 Å². The van der Waals surface area contributed by atoms with E-state index in [9.17, 15) is 0 Å². The Morgan fingerprint density at radius 1 is 1.08 bits per heavy atom. The molecule has 0 spiro atoms. The molecule has 0 atom stereocenters. The molecule has 5 nitrogen and oxygen atoms in total. The summed E-state index contributed by atoms with van der Waals surface area (Å²) >= 11 is 0. The van der Waals surface area contributed by atoms with Crippen molar-refractivity contribution in [1.29, 1.82) is 0 Å². The molecule has 3 N–H and O–H groups in total. The number of hydrogen-bond acceptors (Lipinski definition) is 5. The fourth-order valence-electron chi connectivity index (χ4n) is 0.177. The molecular weight excluding hydrogens is 265 g/mol. The smallest absolute Gasteiger partial charge is 0.822 e. The van der Waals surface area contributed by atoms with Crippen LogP contribution in [0.2, 0.25) is 0 Å². The SMILES string of the molecule is N.O=P([O-])([O-])[O-].[CH2-]CCC[CH2-].[Mo+3]. The second-order valence-corrected chi connectivity index (χ2v) is 2.40. The van der Waals surface area contributed by atoms with Crippen LogP contribution in [-0.2, 0) is 25.6 Å². The van der Waals surface area contributed by atoms with Gasteiger partial charge in [0.1, 0.15) is 0 Å². The molecule has 0 aromatic rings. The van der Waals surface area contributed by atoms with Crippen molar-refractivity contribution in [3.63, 3.8) is 0 Å². The molecule has 0 bridgehead atoms. The van der Waals surface area contributed by atoms with Gasteiger partial charge in [-0.15, -0.1) is 6.42 Å². The summed E-state index contributed by atoms with van der Waals surface area (Å²) in [5, 5.41) is 0. The van der Waals surface area contributed by atoms with Crippen molar-refractivity contribution in [3.8, 4) is 0 Å². The second-order valence-electron chi connectivity index (χ2n) is 1.51. The topological polar surface area (TPSA) is 121 Å². The van der Waals surface area contributed by atoms with Crippen LogP contribution in [-0.4, -0.2) is 0 Å². The van der Waals surface area contributed by atoms with Crippen molar-refractivity contribution in [2.24, 2.45) is 0 Å². The standard InChI is InChI=1S/C5H10.Mo.H3N.H3O4P/c1-3-5-4-2;;;1-5(2,3)4/h1-5H2;;1H3;(H3,1,2,3,4)/q-2;+3;;/p-3. The van der Waals surface area contributed by atoms with Crippen molar-refractivity contribution in [2.75, 3.05) is 0 Å². The molecule has 0 unspecified atom stereocenters. The monoisotopic (exact) mass is 280 g/mol. The van der Waals surface area contributed by atoms with Crippen molar-refractivity contribution in [3.05, 3.63) is 13.8 Å². The third-order valence-electron chi connectivity index (χ3n) is 0.500. The van der Waals surface area contributed by atoms with Gasteiger partial charge < -0.3 is 39.2 Å². The summed E-state index contributed by atoms with van der Waals surface area (Å²) in [6.45, 7) is 7.27. The molecule has 0 rings (SSSR count). The third-order valence-corrected chi connectivity index (χ3v) is 0.500. The van der Waals surface area contributed by atoms with Gasteiger partial charge in [-0.25, -0.2) is 0 Å². The predicted octanol–water partition coefficient (Wildman–Crippen LogP) is -0.840. The first kappa shape index (κ1) is 23.0. The summed E-state index contributed by atoms with van der Waals surface area (Å²) in [4.78, 5) is 25.6. The van der Waals surface area contributed by atoms with Gasteiger partial charge in [0, 0.05) is 0 Å². The normalized spacial score (nSPS) is 8.42. The second kappa shape index (κ2) is 14.3. The molecule has 12 heavy (non-hydrogen) atoms. The quantitative estimate of drug-likeness (QED) is 0.401. The van der Waals surface area contributed by atoms with Crippen molar-refractivity contribution >= 4 is 7.82 Å². The van der Waals surface area contributed by atoms with Gasteiger partial charge >= 0.3 is 21.1 Å². The van der Waals surface area contributed by atoms with Crippen LogP contribution in [0, 0.1) is 13.8 Å². The van der Waals surface area contributed by atoms with Crippen LogP contribution in [0.4, 0.5) is 0 Å². The van der Waals surface area contributed by atoms with Gasteiger partial charge in [-0.3, -0.25) is 0 Å². The Kier molecular flexibility index (Phi) is 27.4. The fraction of sp³-hybridized carbons (Fsp3) is 0.600. The van der Waals surface area contributed by atoms with E-state index in [1.54, 1.807) is 0 Å². The van der Waals surface area contributed by atoms with Gasteiger partial charge in [-0.05, 0) is 0 Å². The van der Waals surface area contributed by atoms with Crippen LogP contribution in [0.3, 0.4) is 0 Å². The van der Waals surface area contributed by atoms with Crippen LogP contribution < -0.4 is 20.8 Å². The molecule has 1 radical (unpaired) electrons. The van der Waals surface area contributed by atoms with Crippen LogP contribution in [0.15, 0.2) is 0 Å². The molecule has 0 fully saturated rings. The van der Waals surface area contributed by atoms with E-state index in [1.807, 2.05) is 0 Å². The van der Waals surface area contributed by atoms with E-state index in [2.05, 4.69) is 13.8 Å². The summed E-state index contributed by atoms with van der Waals surface area (Å²) in [6.07, 6.45) is 3.23. The minimum atomic E-state index is -5.39. The molecule has 7 heteroatoms. The molecule has 75 valence electrons. The largest absolute Gasteiger partial charge is 3.00 e. The molecule has 0 amide bonds. The Balaban J connectivity index is -0.0000000457. The molecular formula is C5H13MoNO4P-2. The van der Waals surface area contributed by atoms with E-state index >= 15 is 0 Å². The van der Waals surface area contributed by atoms with Crippen molar-refractivity contribution in [2.45, 2.75) is 19.3 Å². The summed E-state index contributed by atoms with van der Waals surface area (Å²) in [6, 6.07) is 0. The summed E-state index contributed by atoms with van der Waals surface area (Å²) in [5.41, 5.74) is 0. The van der Waals surface area contributed by atoms with Gasteiger partial charge in [0.05, 0.1) is 0 Å². The van der Waals surface area contributed by atoms with E-state index in [0.29, 0.717) is 0 Å². The third kappa shape index (κ3) is 135. The average molecular weight is 278 g/mol. The van der Waals surface area contributed by atoms with Gasteiger partial charge in [-0.2, -0.15) is 20.7 Å². The zero-order valence-corrected chi connectivity index (χ0v) is 9.63. The molecule has 0 aliphatic heterocycles. The molecule has 0 saturated heterocycles. The average Bonchev–Trinajstić information content (AvgIpc) is 1.63. The maximum atomic E-state index is 8.55. The Labute approximate surface area is 87.7 Å². The molecule has 0 heterocycles. The molecule has 0 saturated carbocycles. The van der Waals surface area contributed by atoms with E-state index in [4.69, 9.17) is 19.2 Å². The zero-order chi connectivity index (χ0) is 8.62. The molecule has 0 aliphatic carbocycles. The van der Waals surface area contributed by atoms with Crippen molar-refractivity contribution < 1.29 is 40.3 Å². The van der Waals surface area contributed by atoms with Crippen LogP contribution >= 0.6 is 7.82 Å². The minimum absolute atomic E-state index is 0. The molecule has 0 aromatic heterocycles. The number of hydrogen-bond donors (Lipinski definition) is 1. The van der Waals surface area contributed by atoms with Gasteiger partial charge in [0.25, 0.3) is 0 Å². The van der Waals surface area contributed by atoms with Gasteiger partial charge in [0.2, 0.25) is 0 Å². The summed E-state index contributed by atoms with van der Waals surface area (Å²) < 4.78 is 8.55. The Hall–Kier alpha value is 0.758. The first-order chi connectivity index (χ1) is 4.41. The fourth-order valence-corrected chi connectivity index (χ4v) is 0.177. The van der Waals surface area contributed by atoms with Crippen LogP contribution in [0.5, 0.6) is 0 Å². The maximum absolute atomic E-state index is 8.55. The number of rotatable bonds is 2.